The molecule has 1 aliphatic carbocycles. The number of carbonyl (C=O) groups excluding carboxylic acids is 1. The van der Waals surface area contributed by atoms with Crippen LogP contribution in [0, 0.1) is 0 Å². The Morgan fingerprint density at radius 3 is 2.81 bits per heavy atom. The lowest BCUT2D eigenvalue weighted by molar-refractivity contribution is -0.118. The second-order valence-electron chi connectivity index (χ2n) is 4.71. The maximum atomic E-state index is 11.8. The van der Waals surface area contributed by atoms with E-state index >= 15 is 0 Å². The number of aromatic nitrogens is 2. The van der Waals surface area contributed by atoms with Crippen LogP contribution < -0.4 is 14.8 Å². The van der Waals surface area contributed by atoms with Crippen LogP contribution in [-0.4, -0.2) is 29.8 Å². The van der Waals surface area contributed by atoms with Gasteiger partial charge in [0.15, 0.2) is 18.1 Å². The average molecular weight is 305 g/mol. The maximum Gasteiger partial charge on any atom is 0.264 e. The second kappa shape index (κ2) is 6.09. The van der Waals surface area contributed by atoms with E-state index < -0.39 is 0 Å². The molecule has 1 fully saturated rings. The van der Waals surface area contributed by atoms with Gasteiger partial charge in [0.2, 0.25) is 5.13 Å². The fraction of sp³-hybridized carbons (Fsp3) is 0.357. The smallest absolute Gasteiger partial charge is 0.264 e. The first-order chi connectivity index (χ1) is 10.3. The van der Waals surface area contributed by atoms with Crippen molar-refractivity contribution in [3.63, 3.8) is 0 Å². The van der Waals surface area contributed by atoms with Gasteiger partial charge in [-0.05, 0) is 25.0 Å². The third-order valence-electron chi connectivity index (χ3n) is 3.04. The van der Waals surface area contributed by atoms with Crippen molar-refractivity contribution in [2.75, 3.05) is 19.0 Å². The summed E-state index contributed by atoms with van der Waals surface area (Å²) in [7, 11) is 1.56. The first-order valence-corrected chi connectivity index (χ1v) is 7.47. The third kappa shape index (κ3) is 3.49. The quantitative estimate of drug-likeness (QED) is 0.887. The standard InChI is InChI=1S/C14H15N3O3S/c1-19-10-4-2-3-5-11(10)20-8-12(18)15-14-17-16-13(21-14)9-6-7-9/h2-5,9H,6-8H2,1H3,(H,15,17,18). The molecule has 0 radical (unpaired) electrons. The zero-order valence-electron chi connectivity index (χ0n) is 11.5. The van der Waals surface area contributed by atoms with E-state index in [9.17, 15) is 4.79 Å². The van der Waals surface area contributed by atoms with Crippen molar-refractivity contribution < 1.29 is 14.3 Å². The van der Waals surface area contributed by atoms with Gasteiger partial charge in [0.25, 0.3) is 5.91 Å². The van der Waals surface area contributed by atoms with E-state index in [1.165, 1.54) is 24.2 Å². The fourth-order valence-corrected chi connectivity index (χ4v) is 2.75. The maximum absolute atomic E-state index is 11.8. The van der Waals surface area contributed by atoms with Crippen molar-refractivity contribution in [2.24, 2.45) is 0 Å². The number of nitrogens with zero attached hydrogens (tertiary/aromatic N) is 2. The summed E-state index contributed by atoms with van der Waals surface area (Å²) in [6.07, 6.45) is 2.33. The Hall–Kier alpha value is -2.15. The molecule has 21 heavy (non-hydrogen) atoms. The minimum absolute atomic E-state index is 0.0985. The van der Waals surface area contributed by atoms with Crippen LogP contribution in [0.1, 0.15) is 23.8 Å². The molecule has 0 saturated heterocycles. The Kier molecular flexibility index (Phi) is 4.01. The molecule has 0 bridgehead atoms. The van der Waals surface area contributed by atoms with Crippen molar-refractivity contribution in [3.05, 3.63) is 29.3 Å². The Bertz CT molecular complexity index is 640. The van der Waals surface area contributed by atoms with Gasteiger partial charge in [-0.1, -0.05) is 23.5 Å². The summed E-state index contributed by atoms with van der Waals surface area (Å²) >= 11 is 1.43. The SMILES string of the molecule is COc1ccccc1OCC(=O)Nc1nnc(C2CC2)s1. The van der Waals surface area contributed by atoms with E-state index in [-0.39, 0.29) is 12.5 Å². The number of hydrogen-bond donors (Lipinski definition) is 1. The van der Waals surface area contributed by atoms with E-state index in [2.05, 4.69) is 15.5 Å². The number of amides is 1. The lowest BCUT2D eigenvalue weighted by atomic mass is 10.3. The monoisotopic (exact) mass is 305 g/mol. The number of nitrogens with one attached hydrogen (secondary N) is 1. The summed E-state index contributed by atoms with van der Waals surface area (Å²) in [5, 5.41) is 12.2. The molecule has 1 saturated carbocycles. The number of para-hydroxylation sites is 2. The van der Waals surface area contributed by atoms with Crippen molar-refractivity contribution in [3.8, 4) is 11.5 Å². The summed E-state index contributed by atoms with van der Waals surface area (Å²) in [6, 6.07) is 7.19. The number of benzene rings is 1. The minimum atomic E-state index is -0.264. The second-order valence-corrected chi connectivity index (χ2v) is 5.72. The van der Waals surface area contributed by atoms with Crippen LogP contribution in [0.2, 0.25) is 0 Å². The Labute approximate surface area is 126 Å². The van der Waals surface area contributed by atoms with E-state index in [1.807, 2.05) is 12.1 Å². The third-order valence-corrected chi connectivity index (χ3v) is 4.04. The molecule has 1 aromatic carbocycles. The van der Waals surface area contributed by atoms with Gasteiger partial charge in [-0.3, -0.25) is 10.1 Å². The molecule has 3 rings (SSSR count). The van der Waals surface area contributed by atoms with E-state index in [0.717, 1.165) is 5.01 Å². The first kappa shape index (κ1) is 13.8. The Balaban J connectivity index is 1.53. The number of hydrogen-bond acceptors (Lipinski definition) is 6. The molecule has 2 aromatic rings. The van der Waals surface area contributed by atoms with E-state index in [1.54, 1.807) is 19.2 Å². The minimum Gasteiger partial charge on any atom is -0.493 e. The summed E-state index contributed by atoms with van der Waals surface area (Å²) in [5.41, 5.74) is 0. The van der Waals surface area contributed by atoms with Crippen LogP contribution in [0.4, 0.5) is 5.13 Å². The summed E-state index contributed by atoms with van der Waals surface area (Å²) < 4.78 is 10.6. The number of rotatable bonds is 6. The highest BCUT2D eigenvalue weighted by molar-refractivity contribution is 7.15. The van der Waals surface area contributed by atoms with Gasteiger partial charge in [0.1, 0.15) is 5.01 Å². The van der Waals surface area contributed by atoms with Gasteiger partial charge in [-0.15, -0.1) is 10.2 Å². The highest BCUT2D eigenvalue weighted by Crippen LogP contribution is 2.42. The molecule has 0 aliphatic heterocycles. The molecule has 1 aromatic heterocycles. The number of carbonyl (C=O) groups is 1. The van der Waals surface area contributed by atoms with Crippen LogP contribution in [0.25, 0.3) is 0 Å². The van der Waals surface area contributed by atoms with Crippen molar-refractivity contribution >= 4 is 22.4 Å². The largest absolute Gasteiger partial charge is 0.493 e. The number of ether oxygens (including phenoxy) is 2. The lowest BCUT2D eigenvalue weighted by Gasteiger charge is -2.09. The Morgan fingerprint density at radius 2 is 2.10 bits per heavy atom. The molecule has 1 heterocycles. The molecule has 110 valence electrons. The van der Waals surface area contributed by atoms with E-state index in [0.29, 0.717) is 22.5 Å². The van der Waals surface area contributed by atoms with E-state index in [4.69, 9.17) is 9.47 Å². The van der Waals surface area contributed by atoms with Crippen molar-refractivity contribution in [2.45, 2.75) is 18.8 Å². The molecule has 0 spiro atoms. The van der Waals surface area contributed by atoms with Gasteiger partial charge in [0, 0.05) is 5.92 Å². The van der Waals surface area contributed by atoms with Crippen LogP contribution >= 0.6 is 11.3 Å². The highest BCUT2D eigenvalue weighted by atomic mass is 32.1. The molecule has 1 N–H and O–H groups in total. The zero-order chi connectivity index (χ0) is 14.7. The number of anilines is 1. The molecule has 0 unspecified atom stereocenters. The molecule has 1 amide bonds. The van der Waals surface area contributed by atoms with Crippen LogP contribution in [-0.2, 0) is 4.79 Å². The predicted molar refractivity (Wildman–Crippen MR) is 79.0 cm³/mol. The zero-order valence-corrected chi connectivity index (χ0v) is 12.4. The van der Waals surface area contributed by atoms with Gasteiger partial charge < -0.3 is 9.47 Å². The Morgan fingerprint density at radius 1 is 1.33 bits per heavy atom. The molecule has 0 atom stereocenters. The molecular formula is C14H15N3O3S. The number of methoxy groups -OCH3 is 1. The predicted octanol–water partition coefficient (Wildman–Crippen LogP) is 2.44. The van der Waals surface area contributed by atoms with Crippen LogP contribution in [0.5, 0.6) is 11.5 Å². The lowest BCUT2D eigenvalue weighted by Crippen LogP contribution is -2.20. The first-order valence-electron chi connectivity index (χ1n) is 6.65. The molecular weight excluding hydrogens is 290 g/mol. The van der Waals surface area contributed by atoms with Gasteiger partial charge in [0.05, 0.1) is 7.11 Å². The average Bonchev–Trinajstić information content (AvgIpc) is 3.26. The molecule has 7 heteroatoms. The summed E-state index contributed by atoms with van der Waals surface area (Å²) in [6.45, 7) is -0.0985. The summed E-state index contributed by atoms with van der Waals surface area (Å²) in [4.78, 5) is 11.8. The summed E-state index contributed by atoms with van der Waals surface area (Å²) in [5.74, 6) is 1.40. The molecule has 6 nitrogen and oxygen atoms in total. The van der Waals surface area contributed by atoms with Crippen LogP contribution in [0.3, 0.4) is 0 Å². The normalized spacial score (nSPS) is 13.8. The molecule has 1 aliphatic rings. The topological polar surface area (TPSA) is 73.3 Å². The fourth-order valence-electron chi connectivity index (χ4n) is 1.82. The van der Waals surface area contributed by atoms with Crippen molar-refractivity contribution in [1.29, 1.82) is 0 Å². The van der Waals surface area contributed by atoms with Crippen LogP contribution in [0.15, 0.2) is 24.3 Å². The van der Waals surface area contributed by atoms with Gasteiger partial charge in [-0.2, -0.15) is 0 Å². The van der Waals surface area contributed by atoms with Gasteiger partial charge >= 0.3 is 0 Å². The van der Waals surface area contributed by atoms with Gasteiger partial charge in [-0.25, -0.2) is 0 Å². The highest BCUT2D eigenvalue weighted by Gasteiger charge is 2.27. The van der Waals surface area contributed by atoms with Crippen molar-refractivity contribution in [1.82, 2.24) is 10.2 Å².